The van der Waals surface area contributed by atoms with Crippen LogP contribution in [0.25, 0.3) is 0 Å². The van der Waals surface area contributed by atoms with E-state index in [1.165, 1.54) is 19.4 Å². The van der Waals surface area contributed by atoms with Gasteiger partial charge in [-0.05, 0) is 69.5 Å². The molecule has 1 aromatic carbocycles. The largest absolute Gasteiger partial charge is 0.399 e. The van der Waals surface area contributed by atoms with Crippen LogP contribution < -0.4 is 5.73 Å². The molecule has 4 nitrogen and oxygen atoms in total. The minimum absolute atomic E-state index is 0.166. The molecule has 2 heterocycles. The van der Waals surface area contributed by atoms with E-state index in [1.807, 2.05) is 30.0 Å². The van der Waals surface area contributed by atoms with Crippen LogP contribution >= 0.6 is 0 Å². The third-order valence-corrected chi connectivity index (χ3v) is 5.11. The molecule has 4 heteroatoms. The summed E-state index contributed by atoms with van der Waals surface area (Å²) >= 11 is 0. The third kappa shape index (κ3) is 2.77. The summed E-state index contributed by atoms with van der Waals surface area (Å²) in [6.07, 6.45) is 3.60. The molecule has 2 N–H and O–H groups in total. The first-order valence-electron chi connectivity index (χ1n) is 7.92. The monoisotopic (exact) mass is 287 g/mol. The molecule has 1 amide bonds. The maximum absolute atomic E-state index is 12.8. The van der Waals surface area contributed by atoms with Gasteiger partial charge in [0.2, 0.25) is 0 Å². The van der Waals surface area contributed by atoms with Crippen LogP contribution in [0.4, 0.5) is 5.69 Å². The summed E-state index contributed by atoms with van der Waals surface area (Å²) in [5, 5.41) is 0. The van der Waals surface area contributed by atoms with Crippen LogP contribution in [-0.4, -0.2) is 48.4 Å². The standard InChI is InChI=1S/C17H25N3O/c1-12-10-14(18)5-6-15(12)17(21)20-9-7-16-13(11-20)4-3-8-19(16)2/h5-6,10,13,16H,3-4,7-9,11,18H2,1-2H3. The number of fused-ring (bicyclic) bond motifs is 1. The molecule has 3 rings (SSSR count). The lowest BCUT2D eigenvalue weighted by Crippen LogP contribution is -2.53. The van der Waals surface area contributed by atoms with Crippen molar-refractivity contribution in [3.8, 4) is 0 Å². The summed E-state index contributed by atoms with van der Waals surface area (Å²) in [6.45, 7) is 4.93. The Kier molecular flexibility index (Phi) is 3.89. The summed E-state index contributed by atoms with van der Waals surface area (Å²) < 4.78 is 0. The zero-order chi connectivity index (χ0) is 15.0. The van der Waals surface area contributed by atoms with Crippen molar-refractivity contribution in [2.75, 3.05) is 32.4 Å². The van der Waals surface area contributed by atoms with Crippen molar-refractivity contribution in [2.45, 2.75) is 32.2 Å². The third-order valence-electron chi connectivity index (χ3n) is 5.11. The zero-order valence-corrected chi connectivity index (χ0v) is 13.0. The number of carbonyl (C=O) groups is 1. The average Bonchev–Trinajstić information content (AvgIpc) is 2.46. The number of likely N-dealkylation sites (tertiary alicyclic amines) is 2. The topological polar surface area (TPSA) is 49.6 Å². The maximum Gasteiger partial charge on any atom is 0.254 e. The molecule has 0 bridgehead atoms. The molecular weight excluding hydrogens is 262 g/mol. The first-order valence-corrected chi connectivity index (χ1v) is 7.92. The summed E-state index contributed by atoms with van der Waals surface area (Å²) in [4.78, 5) is 17.3. The number of nitrogens with two attached hydrogens (primary N) is 1. The van der Waals surface area contributed by atoms with Gasteiger partial charge in [-0.3, -0.25) is 4.79 Å². The lowest BCUT2D eigenvalue weighted by atomic mass is 9.84. The van der Waals surface area contributed by atoms with Crippen LogP contribution in [-0.2, 0) is 0 Å². The number of nitrogens with zero attached hydrogens (tertiary/aromatic N) is 2. The minimum Gasteiger partial charge on any atom is -0.399 e. The van der Waals surface area contributed by atoms with Crippen molar-refractivity contribution in [2.24, 2.45) is 5.92 Å². The van der Waals surface area contributed by atoms with E-state index in [9.17, 15) is 4.79 Å². The number of anilines is 1. The van der Waals surface area contributed by atoms with E-state index in [1.54, 1.807) is 0 Å². The molecule has 0 saturated carbocycles. The van der Waals surface area contributed by atoms with Crippen molar-refractivity contribution in [1.29, 1.82) is 0 Å². The molecule has 2 unspecified atom stereocenters. The average molecular weight is 287 g/mol. The van der Waals surface area contributed by atoms with E-state index in [2.05, 4.69) is 11.9 Å². The van der Waals surface area contributed by atoms with Gasteiger partial charge in [-0.1, -0.05) is 0 Å². The summed E-state index contributed by atoms with van der Waals surface area (Å²) in [5.41, 5.74) is 8.27. The first kappa shape index (κ1) is 14.4. The Bertz CT molecular complexity index is 543. The fraction of sp³-hybridized carbons (Fsp3) is 0.588. The smallest absolute Gasteiger partial charge is 0.254 e. The molecule has 0 radical (unpaired) electrons. The first-order chi connectivity index (χ1) is 10.1. The maximum atomic E-state index is 12.8. The fourth-order valence-electron chi connectivity index (χ4n) is 3.93. The second kappa shape index (κ2) is 5.68. The Balaban J connectivity index is 1.74. The van der Waals surface area contributed by atoms with Gasteiger partial charge >= 0.3 is 0 Å². The quantitative estimate of drug-likeness (QED) is 0.805. The highest BCUT2D eigenvalue weighted by atomic mass is 16.2. The molecule has 0 aliphatic carbocycles. The number of hydrogen-bond acceptors (Lipinski definition) is 3. The van der Waals surface area contributed by atoms with Gasteiger partial charge in [-0.2, -0.15) is 0 Å². The van der Waals surface area contributed by atoms with E-state index in [-0.39, 0.29) is 5.91 Å². The molecule has 1 aromatic rings. The van der Waals surface area contributed by atoms with Crippen LogP contribution in [0.2, 0.25) is 0 Å². The van der Waals surface area contributed by atoms with Gasteiger partial charge in [0.1, 0.15) is 0 Å². The number of benzene rings is 1. The highest BCUT2D eigenvalue weighted by molar-refractivity contribution is 5.96. The molecule has 0 spiro atoms. The summed E-state index contributed by atoms with van der Waals surface area (Å²) in [7, 11) is 2.22. The van der Waals surface area contributed by atoms with Gasteiger partial charge in [-0.15, -0.1) is 0 Å². The molecule has 2 aliphatic heterocycles. The Morgan fingerprint density at radius 1 is 1.29 bits per heavy atom. The fourth-order valence-corrected chi connectivity index (χ4v) is 3.93. The Morgan fingerprint density at radius 2 is 2.10 bits per heavy atom. The van der Waals surface area contributed by atoms with Crippen LogP contribution in [0.1, 0.15) is 35.2 Å². The number of carbonyl (C=O) groups excluding carboxylic acids is 1. The number of rotatable bonds is 1. The Labute approximate surface area is 126 Å². The number of piperidine rings is 2. The van der Waals surface area contributed by atoms with E-state index in [0.29, 0.717) is 12.0 Å². The summed E-state index contributed by atoms with van der Waals surface area (Å²) in [5.74, 6) is 0.801. The van der Waals surface area contributed by atoms with E-state index < -0.39 is 0 Å². The zero-order valence-electron chi connectivity index (χ0n) is 13.0. The predicted molar refractivity (Wildman–Crippen MR) is 85.3 cm³/mol. The van der Waals surface area contributed by atoms with Crippen LogP contribution in [0.15, 0.2) is 18.2 Å². The van der Waals surface area contributed by atoms with Crippen molar-refractivity contribution < 1.29 is 4.79 Å². The van der Waals surface area contributed by atoms with Crippen LogP contribution in [0.3, 0.4) is 0 Å². The highest BCUT2D eigenvalue weighted by Gasteiger charge is 2.36. The number of nitrogen functional groups attached to an aromatic ring is 1. The molecule has 2 fully saturated rings. The van der Waals surface area contributed by atoms with Crippen molar-refractivity contribution in [3.05, 3.63) is 29.3 Å². The van der Waals surface area contributed by atoms with Gasteiger partial charge in [0.15, 0.2) is 0 Å². The van der Waals surface area contributed by atoms with E-state index >= 15 is 0 Å². The molecule has 114 valence electrons. The van der Waals surface area contributed by atoms with Crippen LogP contribution in [0.5, 0.6) is 0 Å². The molecule has 2 aliphatic rings. The van der Waals surface area contributed by atoms with Gasteiger partial charge in [0.05, 0.1) is 0 Å². The molecule has 21 heavy (non-hydrogen) atoms. The minimum atomic E-state index is 0.166. The molecule has 0 aromatic heterocycles. The number of amides is 1. The van der Waals surface area contributed by atoms with Crippen LogP contribution in [0, 0.1) is 12.8 Å². The van der Waals surface area contributed by atoms with Crippen molar-refractivity contribution >= 4 is 11.6 Å². The van der Waals surface area contributed by atoms with E-state index in [4.69, 9.17) is 5.73 Å². The lowest BCUT2D eigenvalue weighted by molar-refractivity contribution is 0.0316. The molecule has 2 atom stereocenters. The Morgan fingerprint density at radius 3 is 2.86 bits per heavy atom. The normalized spacial score (nSPS) is 26.5. The van der Waals surface area contributed by atoms with Crippen molar-refractivity contribution in [1.82, 2.24) is 9.80 Å². The number of hydrogen-bond donors (Lipinski definition) is 1. The SMILES string of the molecule is Cc1cc(N)ccc1C(=O)N1CCC2C(CCCN2C)C1. The number of aryl methyl sites for hydroxylation is 1. The predicted octanol–water partition coefficient (Wildman–Crippen LogP) is 2.13. The summed E-state index contributed by atoms with van der Waals surface area (Å²) in [6, 6.07) is 6.23. The molecule has 2 saturated heterocycles. The second-order valence-corrected chi connectivity index (χ2v) is 6.56. The molecular formula is C17H25N3O. The lowest BCUT2D eigenvalue weighted by Gasteiger charge is -2.46. The highest BCUT2D eigenvalue weighted by Crippen LogP contribution is 2.30. The van der Waals surface area contributed by atoms with Gasteiger partial charge in [0, 0.05) is 30.4 Å². The van der Waals surface area contributed by atoms with Gasteiger partial charge < -0.3 is 15.5 Å². The second-order valence-electron chi connectivity index (χ2n) is 6.56. The van der Waals surface area contributed by atoms with Gasteiger partial charge in [0.25, 0.3) is 5.91 Å². The van der Waals surface area contributed by atoms with E-state index in [0.717, 1.165) is 36.3 Å². The Hall–Kier alpha value is -1.55. The van der Waals surface area contributed by atoms with Crippen molar-refractivity contribution in [3.63, 3.8) is 0 Å². The van der Waals surface area contributed by atoms with Gasteiger partial charge in [-0.25, -0.2) is 0 Å².